The normalized spacial score (nSPS) is 26.5. The van der Waals surface area contributed by atoms with Crippen molar-refractivity contribution in [2.24, 2.45) is 0 Å². The van der Waals surface area contributed by atoms with Crippen molar-refractivity contribution in [2.45, 2.75) is 36.6 Å². The molecule has 0 saturated heterocycles. The van der Waals surface area contributed by atoms with Gasteiger partial charge in [0.2, 0.25) is 5.79 Å². The molecule has 4 atom stereocenters. The number of hydrogen-bond acceptors (Lipinski definition) is 18. The summed E-state index contributed by atoms with van der Waals surface area (Å²) < 4.78 is 211. The van der Waals surface area contributed by atoms with Crippen LogP contribution < -0.4 is 0 Å². The Morgan fingerprint density at radius 1 is 0.472 bits per heavy atom. The van der Waals surface area contributed by atoms with Gasteiger partial charge in [0.15, 0.2) is 6.10 Å². The van der Waals surface area contributed by atoms with Gasteiger partial charge in [-0.2, -0.15) is 50.5 Å². The molecule has 0 aliphatic heterocycles. The van der Waals surface area contributed by atoms with Gasteiger partial charge in [-0.05, 0) is 0 Å². The van der Waals surface area contributed by atoms with Gasteiger partial charge in [0, 0.05) is 6.42 Å². The van der Waals surface area contributed by atoms with E-state index >= 15 is 0 Å². The third-order valence-electron chi connectivity index (χ3n) is 3.34. The van der Waals surface area contributed by atoms with E-state index in [1.807, 2.05) is 0 Å². The van der Waals surface area contributed by atoms with Crippen molar-refractivity contribution < 1.29 is 103 Å². The van der Waals surface area contributed by atoms with Gasteiger partial charge in [-0.15, -0.1) is 0 Å². The highest BCUT2D eigenvalue weighted by molar-refractivity contribution is 7.82. The van der Waals surface area contributed by atoms with Gasteiger partial charge in [-0.3, -0.25) is 27.3 Å². The first-order chi connectivity index (χ1) is 15.5. The molecule has 0 bridgehead atoms. The summed E-state index contributed by atoms with van der Waals surface area (Å²) in [5.41, 5.74) is 0. The molecule has 1 aliphatic rings. The summed E-state index contributed by atoms with van der Waals surface area (Å²) in [7, 11) is -36.7. The third kappa shape index (κ3) is 11.7. The Labute approximate surface area is 201 Å². The zero-order chi connectivity index (χ0) is 28.8. The van der Waals surface area contributed by atoms with E-state index in [2.05, 4.69) is 25.1 Å². The Kier molecular flexibility index (Phi) is 9.62. The SMILES string of the molecule is O=S(=O)(O)OC1CC(OS(=O)(=O)O)(OS(=O)(=O)O)C(OS(=O)(=O)O)[C@H](OS(=O)(=O)O)C1OS(=O)(=O)O. The molecule has 0 heterocycles. The van der Waals surface area contributed by atoms with Crippen LogP contribution in [0.4, 0.5) is 0 Å². The van der Waals surface area contributed by atoms with Crippen molar-refractivity contribution in [3.05, 3.63) is 0 Å². The first-order valence-corrected chi connectivity index (χ1v) is 15.7. The average Bonchev–Trinajstić information content (AvgIpc) is 2.46. The van der Waals surface area contributed by atoms with Crippen LogP contribution in [0.2, 0.25) is 0 Å². The van der Waals surface area contributed by atoms with Crippen LogP contribution in [0.5, 0.6) is 0 Å². The first-order valence-electron chi connectivity index (χ1n) is 7.50. The van der Waals surface area contributed by atoms with Gasteiger partial charge in [0.05, 0.1) is 0 Å². The molecule has 0 amide bonds. The topological polar surface area (TPSA) is 382 Å². The molecule has 0 aromatic carbocycles. The van der Waals surface area contributed by atoms with Crippen molar-refractivity contribution in [3.63, 3.8) is 0 Å². The highest BCUT2D eigenvalue weighted by Crippen LogP contribution is 2.43. The van der Waals surface area contributed by atoms with Crippen LogP contribution in [0.15, 0.2) is 0 Å². The van der Waals surface area contributed by atoms with E-state index in [1.165, 1.54) is 0 Å². The lowest BCUT2D eigenvalue weighted by Crippen LogP contribution is -2.68. The molecule has 0 radical (unpaired) electrons. The van der Waals surface area contributed by atoms with Crippen LogP contribution in [-0.4, -0.2) is 108 Å². The molecule has 1 rings (SSSR count). The molecule has 0 spiro atoms. The molecule has 36 heavy (non-hydrogen) atoms. The van der Waals surface area contributed by atoms with Gasteiger partial charge in [-0.25, -0.2) is 25.1 Å². The lowest BCUT2D eigenvalue weighted by atomic mass is 9.84. The van der Waals surface area contributed by atoms with Gasteiger partial charge >= 0.3 is 62.4 Å². The summed E-state index contributed by atoms with van der Waals surface area (Å²) >= 11 is 0. The highest BCUT2D eigenvalue weighted by atomic mass is 32.3. The predicted octanol–water partition coefficient (Wildman–Crippen LogP) is -4.52. The minimum atomic E-state index is -6.23. The Morgan fingerprint density at radius 2 is 0.806 bits per heavy atom. The van der Waals surface area contributed by atoms with Crippen molar-refractivity contribution in [2.75, 3.05) is 0 Å². The maximum absolute atomic E-state index is 11.3. The molecule has 1 aliphatic carbocycles. The summed E-state index contributed by atoms with van der Waals surface area (Å²) in [6.07, 6.45) is -15.9. The van der Waals surface area contributed by atoms with Gasteiger partial charge < -0.3 is 0 Å². The fourth-order valence-electron chi connectivity index (χ4n) is 2.69. The zero-order valence-corrected chi connectivity index (χ0v) is 20.9. The fourth-order valence-corrected chi connectivity index (χ4v) is 5.85. The van der Waals surface area contributed by atoms with Crippen LogP contribution in [0.3, 0.4) is 0 Å². The van der Waals surface area contributed by atoms with Gasteiger partial charge in [-0.1, -0.05) is 0 Å². The van der Waals surface area contributed by atoms with Crippen LogP contribution in [-0.2, 0) is 87.5 Å². The molecule has 1 fully saturated rings. The smallest absolute Gasteiger partial charge is 0.264 e. The van der Waals surface area contributed by atoms with Gasteiger partial charge in [0.25, 0.3) is 0 Å². The molecular weight excluding hydrogens is 648 g/mol. The van der Waals surface area contributed by atoms with Crippen molar-refractivity contribution in [1.82, 2.24) is 0 Å². The van der Waals surface area contributed by atoms with E-state index < -0.39 is 99.0 Å². The molecule has 3 unspecified atom stereocenters. The maximum Gasteiger partial charge on any atom is 0.400 e. The Balaban J connectivity index is 4.18. The summed E-state index contributed by atoms with van der Waals surface area (Å²) in [5, 5.41) is 0. The van der Waals surface area contributed by atoms with Crippen molar-refractivity contribution in [3.8, 4) is 0 Å². The number of rotatable bonds is 12. The van der Waals surface area contributed by atoms with Crippen LogP contribution >= 0.6 is 0 Å². The van der Waals surface area contributed by atoms with E-state index in [0.29, 0.717) is 0 Å². The zero-order valence-electron chi connectivity index (χ0n) is 16.0. The number of hydrogen-bond donors (Lipinski definition) is 6. The lowest BCUT2D eigenvalue weighted by molar-refractivity contribution is -0.257. The quantitative estimate of drug-likeness (QED) is 0.0847. The Morgan fingerprint density at radius 3 is 1.11 bits per heavy atom. The minimum absolute atomic E-state index is 2.21. The minimum Gasteiger partial charge on any atom is -0.264 e. The Hall–Kier alpha value is -0.780. The molecule has 1 saturated carbocycles. The molecule has 6 N–H and O–H groups in total. The average molecular weight is 661 g/mol. The Bertz CT molecular complexity index is 1430. The van der Waals surface area contributed by atoms with Crippen LogP contribution in [0, 0.1) is 0 Å². The molecule has 0 aromatic heterocycles. The molecule has 24 nitrogen and oxygen atoms in total. The second kappa shape index (κ2) is 10.4. The fraction of sp³-hybridized carbons (Fsp3) is 1.00. The van der Waals surface area contributed by atoms with E-state index in [9.17, 15) is 50.5 Å². The molecule has 30 heteroatoms. The molecule has 0 aromatic rings. The van der Waals surface area contributed by atoms with Crippen LogP contribution in [0.25, 0.3) is 0 Å². The van der Waals surface area contributed by atoms with E-state index in [4.69, 9.17) is 27.3 Å². The second-order valence-corrected chi connectivity index (χ2v) is 12.3. The first kappa shape index (κ1) is 33.2. The van der Waals surface area contributed by atoms with E-state index in [0.717, 1.165) is 0 Å². The van der Waals surface area contributed by atoms with E-state index in [1.54, 1.807) is 0 Å². The summed E-state index contributed by atoms with van der Waals surface area (Å²) in [6, 6.07) is 0. The summed E-state index contributed by atoms with van der Waals surface area (Å²) in [6.45, 7) is 0. The molecule has 216 valence electrons. The standard InChI is InChI=1S/C6H12O24S6/c7-31(8,9)25-2-1-6(29-35(19,20)21,30-36(22,23)24)5(28-34(16,17)18)4(27-33(13,14)15)3(2)26-32(10,11)12/h2-5H,1H2,(H,7,8,9)(H,10,11,12)(H,13,14,15)(H,16,17,18)(H,19,20,21)(H,22,23,24)/t2?,3?,4-,5?/m1/s1. The summed E-state index contributed by atoms with van der Waals surface area (Å²) in [5.74, 6) is -4.39. The van der Waals surface area contributed by atoms with Crippen LogP contribution in [0.1, 0.15) is 6.42 Å². The van der Waals surface area contributed by atoms with E-state index in [-0.39, 0.29) is 0 Å². The van der Waals surface area contributed by atoms with Gasteiger partial charge in [0.1, 0.15) is 18.3 Å². The maximum atomic E-state index is 11.3. The highest BCUT2D eigenvalue weighted by Gasteiger charge is 2.65. The molecular formula is C6H12O24S6. The lowest BCUT2D eigenvalue weighted by Gasteiger charge is -2.47. The largest absolute Gasteiger partial charge is 0.400 e. The third-order valence-corrected chi connectivity index (χ3v) is 6.19. The predicted molar refractivity (Wildman–Crippen MR) is 98.3 cm³/mol. The van der Waals surface area contributed by atoms with Crippen molar-refractivity contribution in [1.29, 1.82) is 0 Å². The second-order valence-electron chi connectivity index (χ2n) is 6.02. The summed E-state index contributed by atoms with van der Waals surface area (Å²) in [4.78, 5) is 0. The monoisotopic (exact) mass is 660 g/mol. The van der Waals surface area contributed by atoms with Crippen molar-refractivity contribution >= 4 is 62.4 Å².